The van der Waals surface area contributed by atoms with E-state index in [4.69, 9.17) is 5.73 Å². The summed E-state index contributed by atoms with van der Waals surface area (Å²) in [6.07, 6.45) is 3.71. The maximum Gasteiger partial charge on any atom is 0.240 e. The summed E-state index contributed by atoms with van der Waals surface area (Å²) < 4.78 is 0. The zero-order valence-corrected chi connectivity index (χ0v) is 16.5. The zero-order valence-electron chi connectivity index (χ0n) is 14.9. The first kappa shape index (κ1) is 23.2. The van der Waals surface area contributed by atoms with Crippen LogP contribution in [0.15, 0.2) is 24.3 Å². The Hall–Kier alpha value is -0.810. The Balaban J connectivity index is 0.00000264. The quantitative estimate of drug-likeness (QED) is 0.801. The molecule has 1 amide bonds. The van der Waals surface area contributed by atoms with Crippen LogP contribution in [0, 0.1) is 0 Å². The summed E-state index contributed by atoms with van der Waals surface area (Å²) in [5.41, 5.74) is 7.99. The van der Waals surface area contributed by atoms with Crippen molar-refractivity contribution in [1.29, 1.82) is 0 Å². The SMILES string of the molecule is CC(C)N(C)Cc1ccccc1CNC(=O)C1(N)CCCC1.Cl.Cl. The molecule has 0 bridgehead atoms. The normalized spacial score (nSPS) is 15.8. The summed E-state index contributed by atoms with van der Waals surface area (Å²) >= 11 is 0. The van der Waals surface area contributed by atoms with Crippen molar-refractivity contribution in [3.63, 3.8) is 0 Å². The predicted molar refractivity (Wildman–Crippen MR) is 105 cm³/mol. The number of nitrogens with zero attached hydrogens (tertiary/aromatic N) is 1. The van der Waals surface area contributed by atoms with Crippen molar-refractivity contribution in [2.45, 2.75) is 64.2 Å². The van der Waals surface area contributed by atoms with E-state index >= 15 is 0 Å². The topological polar surface area (TPSA) is 58.4 Å². The average molecular weight is 376 g/mol. The number of amides is 1. The molecule has 0 aliphatic heterocycles. The molecule has 6 heteroatoms. The van der Waals surface area contributed by atoms with Crippen LogP contribution in [0.5, 0.6) is 0 Å². The smallest absolute Gasteiger partial charge is 0.240 e. The second-order valence-electron chi connectivity index (χ2n) is 6.82. The Morgan fingerprint density at radius 1 is 1.21 bits per heavy atom. The minimum Gasteiger partial charge on any atom is -0.350 e. The maximum atomic E-state index is 12.3. The molecule has 1 saturated carbocycles. The third kappa shape index (κ3) is 5.92. The zero-order chi connectivity index (χ0) is 16.2. The van der Waals surface area contributed by atoms with Gasteiger partial charge in [-0.15, -0.1) is 24.8 Å². The van der Waals surface area contributed by atoms with Crippen molar-refractivity contribution >= 4 is 30.7 Å². The van der Waals surface area contributed by atoms with Crippen molar-refractivity contribution < 1.29 is 4.79 Å². The van der Waals surface area contributed by atoms with E-state index in [0.29, 0.717) is 12.6 Å². The van der Waals surface area contributed by atoms with E-state index in [-0.39, 0.29) is 30.7 Å². The molecular formula is C18H31Cl2N3O. The van der Waals surface area contributed by atoms with E-state index in [1.165, 1.54) is 11.1 Å². The highest BCUT2D eigenvalue weighted by atomic mass is 35.5. The van der Waals surface area contributed by atoms with Crippen molar-refractivity contribution in [2.75, 3.05) is 7.05 Å². The number of hydrogen-bond donors (Lipinski definition) is 2. The summed E-state index contributed by atoms with van der Waals surface area (Å²) in [5.74, 6) is -0.00276. The van der Waals surface area contributed by atoms with E-state index in [9.17, 15) is 4.79 Å². The monoisotopic (exact) mass is 375 g/mol. The number of nitrogens with one attached hydrogen (secondary N) is 1. The van der Waals surface area contributed by atoms with Crippen LogP contribution in [-0.4, -0.2) is 29.4 Å². The lowest BCUT2D eigenvalue weighted by Gasteiger charge is -2.24. The summed E-state index contributed by atoms with van der Waals surface area (Å²) in [4.78, 5) is 14.6. The van der Waals surface area contributed by atoms with Gasteiger partial charge in [-0.3, -0.25) is 9.69 Å². The molecule has 0 saturated heterocycles. The number of halogens is 2. The Bertz CT molecular complexity index is 517. The number of nitrogens with two attached hydrogens (primary N) is 1. The van der Waals surface area contributed by atoms with Gasteiger partial charge in [0.15, 0.2) is 0 Å². The molecule has 0 radical (unpaired) electrons. The Labute approximate surface area is 158 Å². The van der Waals surface area contributed by atoms with Crippen LogP contribution in [0.4, 0.5) is 0 Å². The minimum absolute atomic E-state index is 0. The van der Waals surface area contributed by atoms with Crippen LogP contribution in [0.1, 0.15) is 50.7 Å². The molecule has 4 nitrogen and oxygen atoms in total. The number of rotatable bonds is 6. The average Bonchev–Trinajstić information content (AvgIpc) is 2.94. The minimum atomic E-state index is -0.649. The van der Waals surface area contributed by atoms with Crippen molar-refractivity contribution in [3.05, 3.63) is 35.4 Å². The van der Waals surface area contributed by atoms with Gasteiger partial charge in [0.1, 0.15) is 0 Å². The largest absolute Gasteiger partial charge is 0.350 e. The van der Waals surface area contributed by atoms with Gasteiger partial charge < -0.3 is 11.1 Å². The summed E-state index contributed by atoms with van der Waals surface area (Å²) in [7, 11) is 2.12. The van der Waals surface area contributed by atoms with E-state index in [2.05, 4.69) is 49.3 Å². The molecule has 0 atom stereocenters. The second-order valence-corrected chi connectivity index (χ2v) is 6.82. The fraction of sp³-hybridized carbons (Fsp3) is 0.611. The molecule has 1 aliphatic carbocycles. The van der Waals surface area contributed by atoms with Crippen molar-refractivity contribution in [2.24, 2.45) is 5.73 Å². The second kappa shape index (κ2) is 10.2. The summed E-state index contributed by atoms with van der Waals surface area (Å²) in [6, 6.07) is 8.79. The Morgan fingerprint density at radius 3 is 2.29 bits per heavy atom. The van der Waals surface area contributed by atoms with Crippen LogP contribution in [0.25, 0.3) is 0 Å². The van der Waals surface area contributed by atoms with Gasteiger partial charge in [0.25, 0.3) is 0 Å². The van der Waals surface area contributed by atoms with E-state index in [1.807, 2.05) is 6.07 Å². The number of carbonyl (C=O) groups excluding carboxylic acids is 1. The molecule has 1 aromatic carbocycles. The molecule has 138 valence electrons. The van der Waals surface area contributed by atoms with Crippen LogP contribution in [0.3, 0.4) is 0 Å². The molecule has 24 heavy (non-hydrogen) atoms. The third-order valence-electron chi connectivity index (χ3n) is 4.81. The van der Waals surface area contributed by atoms with Gasteiger partial charge in [-0.25, -0.2) is 0 Å². The summed E-state index contributed by atoms with van der Waals surface area (Å²) in [6.45, 7) is 5.81. The van der Waals surface area contributed by atoms with Gasteiger partial charge in [-0.1, -0.05) is 37.1 Å². The van der Waals surface area contributed by atoms with Gasteiger partial charge in [-0.2, -0.15) is 0 Å². The van der Waals surface area contributed by atoms with Crippen LogP contribution in [0.2, 0.25) is 0 Å². The molecule has 0 spiro atoms. The first-order chi connectivity index (χ1) is 10.4. The van der Waals surface area contributed by atoms with Crippen LogP contribution in [-0.2, 0) is 17.9 Å². The van der Waals surface area contributed by atoms with Crippen LogP contribution >= 0.6 is 24.8 Å². The first-order valence-electron chi connectivity index (χ1n) is 8.26. The van der Waals surface area contributed by atoms with Gasteiger partial charge in [0, 0.05) is 19.1 Å². The van der Waals surface area contributed by atoms with Crippen LogP contribution < -0.4 is 11.1 Å². The van der Waals surface area contributed by atoms with Gasteiger partial charge in [0.2, 0.25) is 5.91 Å². The molecule has 0 unspecified atom stereocenters. The van der Waals surface area contributed by atoms with E-state index in [0.717, 1.165) is 32.2 Å². The standard InChI is InChI=1S/C18H29N3O.2ClH/c1-14(2)21(3)13-16-9-5-4-8-15(16)12-20-17(22)18(19)10-6-7-11-18;;/h4-5,8-9,14H,6-7,10-13,19H2,1-3H3,(H,20,22);2*1H. The Morgan fingerprint density at radius 2 is 1.75 bits per heavy atom. The molecule has 0 heterocycles. The lowest BCUT2D eigenvalue weighted by atomic mass is 9.98. The van der Waals surface area contributed by atoms with Crippen molar-refractivity contribution in [1.82, 2.24) is 10.2 Å². The molecule has 0 aromatic heterocycles. The van der Waals surface area contributed by atoms with E-state index in [1.54, 1.807) is 0 Å². The van der Waals surface area contributed by atoms with Gasteiger partial charge in [-0.05, 0) is 44.9 Å². The molecule has 1 aliphatic rings. The molecule has 2 rings (SSSR count). The van der Waals surface area contributed by atoms with Crippen molar-refractivity contribution in [3.8, 4) is 0 Å². The third-order valence-corrected chi connectivity index (χ3v) is 4.81. The molecule has 1 fully saturated rings. The molecule has 3 N–H and O–H groups in total. The number of carbonyl (C=O) groups is 1. The fourth-order valence-electron chi connectivity index (χ4n) is 2.92. The molecule has 1 aromatic rings. The fourth-order valence-corrected chi connectivity index (χ4v) is 2.92. The van der Waals surface area contributed by atoms with E-state index < -0.39 is 5.54 Å². The highest BCUT2D eigenvalue weighted by Crippen LogP contribution is 2.27. The lowest BCUT2D eigenvalue weighted by Crippen LogP contribution is -2.51. The summed E-state index contributed by atoms with van der Waals surface area (Å²) in [5, 5.41) is 3.04. The van der Waals surface area contributed by atoms with Gasteiger partial charge >= 0.3 is 0 Å². The lowest BCUT2D eigenvalue weighted by molar-refractivity contribution is -0.126. The highest BCUT2D eigenvalue weighted by Gasteiger charge is 2.36. The maximum absolute atomic E-state index is 12.3. The van der Waals surface area contributed by atoms with Gasteiger partial charge in [0.05, 0.1) is 5.54 Å². The Kier molecular flexibility index (Phi) is 9.90. The predicted octanol–water partition coefficient (Wildman–Crippen LogP) is 3.26. The number of benzene rings is 1. The highest BCUT2D eigenvalue weighted by molar-refractivity contribution is 5.86. The first-order valence-corrected chi connectivity index (χ1v) is 8.26. The molecular weight excluding hydrogens is 345 g/mol. The number of hydrogen-bond acceptors (Lipinski definition) is 3.